The lowest BCUT2D eigenvalue weighted by molar-refractivity contribution is -0.135. The molecule has 1 aromatic heterocycles. The number of esters is 1. The SMILES string of the molecule is CCOC(=O)c1[nH]c(C)c(CCC(=O)N2CCCC(C(=O)NC3CCCC3)C2)c1C. The van der Waals surface area contributed by atoms with E-state index in [4.69, 9.17) is 4.74 Å². The zero-order valence-electron chi connectivity index (χ0n) is 18.5. The van der Waals surface area contributed by atoms with E-state index in [1.54, 1.807) is 6.92 Å². The highest BCUT2D eigenvalue weighted by atomic mass is 16.5. The second-order valence-electron chi connectivity index (χ2n) is 8.62. The van der Waals surface area contributed by atoms with Gasteiger partial charge in [-0.2, -0.15) is 0 Å². The molecule has 3 rings (SSSR count). The van der Waals surface area contributed by atoms with Crippen LogP contribution in [0, 0.1) is 19.8 Å². The number of hydrogen-bond acceptors (Lipinski definition) is 4. The summed E-state index contributed by atoms with van der Waals surface area (Å²) in [5.41, 5.74) is 3.22. The second-order valence-corrected chi connectivity index (χ2v) is 8.62. The number of ether oxygens (including phenoxy) is 1. The number of carbonyl (C=O) groups is 3. The molecule has 1 aromatic rings. The molecule has 30 heavy (non-hydrogen) atoms. The fraction of sp³-hybridized carbons (Fsp3) is 0.696. The van der Waals surface area contributed by atoms with Crippen molar-refractivity contribution >= 4 is 17.8 Å². The van der Waals surface area contributed by atoms with Gasteiger partial charge in [0.05, 0.1) is 12.5 Å². The number of H-pyrrole nitrogens is 1. The van der Waals surface area contributed by atoms with Crippen LogP contribution in [0.2, 0.25) is 0 Å². The highest BCUT2D eigenvalue weighted by Gasteiger charge is 2.30. The standard InChI is InChI=1S/C23H35N3O4/c1-4-30-23(29)21-15(2)19(16(3)24-21)11-12-20(27)26-13-7-8-17(14-26)22(28)25-18-9-5-6-10-18/h17-18,24H,4-14H2,1-3H3,(H,25,28). The van der Waals surface area contributed by atoms with Crippen molar-refractivity contribution in [3.63, 3.8) is 0 Å². The molecule has 0 radical (unpaired) electrons. The maximum atomic E-state index is 12.8. The Morgan fingerprint density at radius 2 is 1.87 bits per heavy atom. The fourth-order valence-electron chi connectivity index (χ4n) is 4.77. The van der Waals surface area contributed by atoms with E-state index in [9.17, 15) is 14.4 Å². The Labute approximate surface area is 178 Å². The predicted octanol–water partition coefficient (Wildman–Crippen LogP) is 3.04. The Balaban J connectivity index is 1.54. The zero-order chi connectivity index (χ0) is 21.7. The minimum Gasteiger partial charge on any atom is -0.461 e. The van der Waals surface area contributed by atoms with Crippen molar-refractivity contribution in [3.8, 4) is 0 Å². The van der Waals surface area contributed by atoms with Gasteiger partial charge in [-0.15, -0.1) is 0 Å². The third-order valence-corrected chi connectivity index (χ3v) is 6.51. The van der Waals surface area contributed by atoms with Gasteiger partial charge in [-0.25, -0.2) is 4.79 Å². The molecule has 0 bridgehead atoms. The summed E-state index contributed by atoms with van der Waals surface area (Å²) in [5.74, 6) is -0.279. The fourth-order valence-corrected chi connectivity index (χ4v) is 4.77. The van der Waals surface area contributed by atoms with Gasteiger partial charge in [-0.3, -0.25) is 9.59 Å². The van der Waals surface area contributed by atoms with Gasteiger partial charge in [-0.05, 0) is 64.0 Å². The molecule has 1 aliphatic carbocycles. The molecular weight excluding hydrogens is 382 g/mol. The molecule has 1 saturated heterocycles. The van der Waals surface area contributed by atoms with Crippen LogP contribution >= 0.6 is 0 Å². The summed E-state index contributed by atoms with van der Waals surface area (Å²) in [6, 6.07) is 0.316. The first-order valence-electron chi connectivity index (χ1n) is 11.3. The molecule has 1 aliphatic heterocycles. The summed E-state index contributed by atoms with van der Waals surface area (Å²) < 4.78 is 5.10. The van der Waals surface area contributed by atoms with Crippen molar-refractivity contribution in [2.45, 2.75) is 78.2 Å². The quantitative estimate of drug-likeness (QED) is 0.667. The Hall–Kier alpha value is -2.31. The van der Waals surface area contributed by atoms with Gasteiger partial charge < -0.3 is 19.9 Å². The third-order valence-electron chi connectivity index (χ3n) is 6.51. The summed E-state index contributed by atoms with van der Waals surface area (Å²) in [6.07, 6.45) is 7.19. The monoisotopic (exact) mass is 417 g/mol. The van der Waals surface area contributed by atoms with Crippen molar-refractivity contribution in [3.05, 3.63) is 22.5 Å². The van der Waals surface area contributed by atoms with Gasteiger partial charge in [0.25, 0.3) is 0 Å². The topological polar surface area (TPSA) is 91.5 Å². The number of carbonyl (C=O) groups excluding carboxylic acids is 3. The second kappa shape index (κ2) is 10.1. The summed E-state index contributed by atoms with van der Waals surface area (Å²) in [4.78, 5) is 42.5. The van der Waals surface area contributed by atoms with Crippen LogP contribution in [0.25, 0.3) is 0 Å². The first-order valence-corrected chi connectivity index (χ1v) is 11.3. The van der Waals surface area contributed by atoms with Gasteiger partial charge in [0.15, 0.2) is 0 Å². The summed E-state index contributed by atoms with van der Waals surface area (Å²) >= 11 is 0. The smallest absolute Gasteiger partial charge is 0.355 e. The number of aromatic nitrogens is 1. The number of rotatable bonds is 7. The summed E-state index contributed by atoms with van der Waals surface area (Å²) in [5, 5.41) is 3.18. The number of hydrogen-bond donors (Lipinski definition) is 2. The van der Waals surface area contributed by atoms with E-state index >= 15 is 0 Å². The van der Waals surface area contributed by atoms with Crippen LogP contribution in [-0.2, 0) is 20.7 Å². The summed E-state index contributed by atoms with van der Waals surface area (Å²) in [7, 11) is 0. The number of likely N-dealkylation sites (tertiary alicyclic amines) is 1. The van der Waals surface area contributed by atoms with E-state index in [-0.39, 0.29) is 23.7 Å². The van der Waals surface area contributed by atoms with Crippen LogP contribution < -0.4 is 5.32 Å². The van der Waals surface area contributed by atoms with Crippen molar-refractivity contribution in [2.75, 3.05) is 19.7 Å². The number of aryl methyl sites for hydroxylation is 1. The molecule has 1 atom stereocenters. The van der Waals surface area contributed by atoms with Crippen LogP contribution in [0.5, 0.6) is 0 Å². The molecule has 2 fully saturated rings. The van der Waals surface area contributed by atoms with Crippen LogP contribution in [-0.4, -0.2) is 53.4 Å². The third kappa shape index (κ3) is 5.24. The van der Waals surface area contributed by atoms with Gasteiger partial charge >= 0.3 is 5.97 Å². The normalized spacial score (nSPS) is 19.7. The van der Waals surface area contributed by atoms with Crippen LogP contribution in [0.4, 0.5) is 0 Å². The van der Waals surface area contributed by atoms with E-state index in [0.29, 0.717) is 44.3 Å². The lowest BCUT2D eigenvalue weighted by Crippen LogP contribution is -2.47. The van der Waals surface area contributed by atoms with Gasteiger partial charge in [0.1, 0.15) is 5.69 Å². The number of aromatic amines is 1. The molecule has 7 heteroatoms. The number of amides is 2. The van der Waals surface area contributed by atoms with Gasteiger partial charge in [0.2, 0.25) is 11.8 Å². The molecule has 166 valence electrons. The molecule has 0 aromatic carbocycles. The van der Waals surface area contributed by atoms with Crippen molar-refractivity contribution < 1.29 is 19.1 Å². The van der Waals surface area contributed by atoms with Crippen LogP contribution in [0.3, 0.4) is 0 Å². The zero-order valence-corrected chi connectivity index (χ0v) is 18.5. The number of piperidine rings is 1. The highest BCUT2D eigenvalue weighted by molar-refractivity contribution is 5.90. The Morgan fingerprint density at radius 3 is 2.57 bits per heavy atom. The Morgan fingerprint density at radius 1 is 1.13 bits per heavy atom. The van der Waals surface area contributed by atoms with Crippen molar-refractivity contribution in [2.24, 2.45) is 5.92 Å². The van der Waals surface area contributed by atoms with Crippen molar-refractivity contribution in [1.29, 1.82) is 0 Å². The molecule has 2 N–H and O–H groups in total. The maximum Gasteiger partial charge on any atom is 0.355 e. The molecule has 0 spiro atoms. The molecule has 2 heterocycles. The molecule has 2 aliphatic rings. The molecular formula is C23H35N3O4. The Bertz CT molecular complexity index is 780. The molecule has 7 nitrogen and oxygen atoms in total. The molecule has 1 saturated carbocycles. The molecule has 2 amide bonds. The Kier molecular flexibility index (Phi) is 7.56. The van der Waals surface area contributed by atoms with Crippen molar-refractivity contribution in [1.82, 2.24) is 15.2 Å². The number of nitrogens with one attached hydrogen (secondary N) is 2. The van der Waals surface area contributed by atoms with Crippen LogP contribution in [0.1, 0.15) is 79.2 Å². The van der Waals surface area contributed by atoms with Gasteiger partial charge in [0, 0.05) is 31.2 Å². The van der Waals surface area contributed by atoms with E-state index < -0.39 is 0 Å². The lowest BCUT2D eigenvalue weighted by atomic mass is 9.96. The van der Waals surface area contributed by atoms with Crippen LogP contribution in [0.15, 0.2) is 0 Å². The first-order chi connectivity index (χ1) is 14.4. The average molecular weight is 418 g/mol. The minimum absolute atomic E-state index is 0.0750. The highest BCUT2D eigenvalue weighted by Crippen LogP contribution is 2.23. The first kappa shape index (κ1) is 22.4. The largest absolute Gasteiger partial charge is 0.461 e. The lowest BCUT2D eigenvalue weighted by Gasteiger charge is -2.32. The maximum absolute atomic E-state index is 12.8. The van der Waals surface area contributed by atoms with Gasteiger partial charge in [-0.1, -0.05) is 12.8 Å². The van der Waals surface area contributed by atoms with E-state index in [1.807, 2.05) is 18.7 Å². The van der Waals surface area contributed by atoms with E-state index in [0.717, 1.165) is 42.5 Å². The van der Waals surface area contributed by atoms with E-state index in [2.05, 4.69) is 10.3 Å². The summed E-state index contributed by atoms with van der Waals surface area (Å²) in [6.45, 7) is 7.14. The minimum atomic E-state index is -0.358. The predicted molar refractivity (Wildman–Crippen MR) is 114 cm³/mol. The molecule has 1 unspecified atom stereocenters. The average Bonchev–Trinajstić information content (AvgIpc) is 3.34. The van der Waals surface area contributed by atoms with E-state index in [1.165, 1.54) is 12.8 Å². The number of nitrogens with zero attached hydrogens (tertiary/aromatic N) is 1.